The molecule has 2 amide bonds. The van der Waals surface area contributed by atoms with Gasteiger partial charge in [-0.25, -0.2) is 9.37 Å². The predicted octanol–water partition coefficient (Wildman–Crippen LogP) is 2.51. The third-order valence-electron chi connectivity index (χ3n) is 4.28. The summed E-state index contributed by atoms with van der Waals surface area (Å²) in [4.78, 5) is 41.4. The van der Waals surface area contributed by atoms with Gasteiger partial charge in [0, 0.05) is 17.8 Å². The first-order valence-electron chi connectivity index (χ1n) is 7.89. The Morgan fingerprint density at radius 1 is 1.19 bits per heavy atom. The fraction of sp³-hybridized carbons (Fsp3) is 0.222. The lowest BCUT2D eigenvalue weighted by molar-refractivity contribution is -0.146. The molecule has 0 spiro atoms. The maximum Gasteiger partial charge on any atom is 0.244 e. The van der Waals surface area contributed by atoms with Gasteiger partial charge in [-0.1, -0.05) is 24.6 Å². The largest absolute Gasteiger partial charge is 0.347 e. The summed E-state index contributed by atoms with van der Waals surface area (Å²) in [6.45, 7) is 1.64. The predicted molar refractivity (Wildman–Crippen MR) is 92.8 cm³/mol. The molecule has 3 rings (SSSR count). The highest BCUT2D eigenvalue weighted by atomic mass is 35.5. The summed E-state index contributed by atoms with van der Waals surface area (Å²) in [5, 5.41) is 5.46. The van der Waals surface area contributed by atoms with Gasteiger partial charge in [-0.2, -0.15) is 0 Å². The van der Waals surface area contributed by atoms with Crippen molar-refractivity contribution in [2.45, 2.75) is 13.0 Å². The number of nitrogens with one attached hydrogen (secondary N) is 2. The Bertz CT molecular complexity index is 855. The molecule has 0 bridgehead atoms. The molecular formula is C18H15ClFN3O3. The monoisotopic (exact) mass is 375 g/mol. The molecule has 1 aliphatic rings. The number of halogens is 2. The maximum atomic E-state index is 12.9. The van der Waals surface area contributed by atoms with Gasteiger partial charge in [0.1, 0.15) is 11.0 Å². The number of nitrogens with zero attached hydrogens (tertiary/aromatic N) is 1. The van der Waals surface area contributed by atoms with Crippen molar-refractivity contribution in [1.29, 1.82) is 0 Å². The second-order valence-electron chi connectivity index (χ2n) is 6.02. The Hall–Kier alpha value is -2.80. The number of pyridine rings is 1. The van der Waals surface area contributed by atoms with Crippen LogP contribution in [-0.2, 0) is 14.4 Å². The highest BCUT2D eigenvalue weighted by Crippen LogP contribution is 2.30. The van der Waals surface area contributed by atoms with Crippen LogP contribution in [0.3, 0.4) is 0 Å². The number of hydrogen-bond acceptors (Lipinski definition) is 4. The van der Waals surface area contributed by atoms with Crippen molar-refractivity contribution in [2.75, 3.05) is 5.32 Å². The van der Waals surface area contributed by atoms with Gasteiger partial charge in [0.2, 0.25) is 11.8 Å². The van der Waals surface area contributed by atoms with Crippen molar-refractivity contribution in [1.82, 2.24) is 10.3 Å². The number of carbonyl (C=O) groups is 3. The molecule has 2 aromatic rings. The molecule has 134 valence electrons. The molecular weight excluding hydrogens is 361 g/mol. The van der Waals surface area contributed by atoms with E-state index in [1.165, 1.54) is 30.5 Å². The number of aromatic nitrogens is 1. The van der Waals surface area contributed by atoms with Crippen LogP contribution in [0.25, 0.3) is 0 Å². The Morgan fingerprint density at radius 2 is 1.88 bits per heavy atom. The molecule has 8 heteroatoms. The number of Topliss-reactive ketones (excluding diaryl/α,β-unsaturated/α-hetero) is 1. The molecule has 2 N–H and O–H groups in total. The molecule has 0 saturated carbocycles. The molecule has 1 aromatic carbocycles. The van der Waals surface area contributed by atoms with Crippen molar-refractivity contribution in [3.63, 3.8) is 0 Å². The maximum absolute atomic E-state index is 12.9. The minimum absolute atomic E-state index is 0.298. The van der Waals surface area contributed by atoms with Gasteiger partial charge >= 0.3 is 0 Å². The van der Waals surface area contributed by atoms with E-state index in [0.29, 0.717) is 16.4 Å². The van der Waals surface area contributed by atoms with Gasteiger partial charge in [-0.05, 0) is 35.9 Å². The molecule has 1 aliphatic heterocycles. The van der Waals surface area contributed by atoms with Crippen LogP contribution in [-0.4, -0.2) is 22.6 Å². The van der Waals surface area contributed by atoms with Crippen molar-refractivity contribution < 1.29 is 18.8 Å². The molecule has 0 aliphatic carbocycles. The zero-order chi connectivity index (χ0) is 18.8. The van der Waals surface area contributed by atoms with Crippen LogP contribution in [0, 0.1) is 17.7 Å². The van der Waals surface area contributed by atoms with Gasteiger partial charge < -0.3 is 10.6 Å². The SMILES string of the molecule is CC1C(=O)C(C(=O)Nc2ccc(F)cc2)C(=O)NC1c1ccc(Cl)nc1. The van der Waals surface area contributed by atoms with Gasteiger partial charge in [0.05, 0.1) is 6.04 Å². The average molecular weight is 376 g/mol. The van der Waals surface area contributed by atoms with Gasteiger partial charge in [0.25, 0.3) is 0 Å². The second kappa shape index (κ2) is 7.21. The van der Waals surface area contributed by atoms with Gasteiger partial charge in [-0.15, -0.1) is 0 Å². The van der Waals surface area contributed by atoms with E-state index in [1.54, 1.807) is 19.1 Å². The Balaban J connectivity index is 1.77. The quantitative estimate of drug-likeness (QED) is 0.637. The average Bonchev–Trinajstić information content (AvgIpc) is 2.61. The van der Waals surface area contributed by atoms with Gasteiger partial charge in [-0.3, -0.25) is 14.4 Å². The first-order chi connectivity index (χ1) is 12.4. The van der Waals surface area contributed by atoms with E-state index in [-0.39, 0.29) is 0 Å². The number of carbonyl (C=O) groups excluding carboxylic acids is 3. The highest BCUT2D eigenvalue weighted by Gasteiger charge is 2.45. The first kappa shape index (κ1) is 18.0. The molecule has 6 nitrogen and oxygen atoms in total. The minimum atomic E-state index is -1.47. The topological polar surface area (TPSA) is 88.2 Å². The van der Waals surface area contributed by atoms with E-state index in [9.17, 15) is 18.8 Å². The highest BCUT2D eigenvalue weighted by molar-refractivity contribution is 6.29. The normalized spacial score (nSPS) is 22.7. The van der Waals surface area contributed by atoms with E-state index in [2.05, 4.69) is 15.6 Å². The van der Waals surface area contributed by atoms with Crippen molar-refractivity contribution in [2.24, 2.45) is 11.8 Å². The van der Waals surface area contributed by atoms with E-state index in [1.807, 2.05) is 0 Å². The Labute approximate surface area is 153 Å². The Morgan fingerprint density at radius 3 is 2.50 bits per heavy atom. The number of piperidine rings is 1. The van der Waals surface area contributed by atoms with Crippen LogP contribution >= 0.6 is 11.6 Å². The smallest absolute Gasteiger partial charge is 0.244 e. The number of amides is 2. The third-order valence-corrected chi connectivity index (χ3v) is 4.50. The van der Waals surface area contributed by atoms with E-state index in [0.717, 1.165) is 0 Å². The van der Waals surface area contributed by atoms with Crippen LogP contribution in [0.5, 0.6) is 0 Å². The summed E-state index contributed by atoms with van der Waals surface area (Å²) >= 11 is 5.75. The van der Waals surface area contributed by atoms with Gasteiger partial charge in [0.15, 0.2) is 11.7 Å². The lowest BCUT2D eigenvalue weighted by Crippen LogP contribution is -2.53. The Kier molecular flexibility index (Phi) is 4.99. The van der Waals surface area contributed by atoms with Crippen molar-refractivity contribution >= 4 is 34.9 Å². The molecule has 1 saturated heterocycles. The zero-order valence-corrected chi connectivity index (χ0v) is 14.5. The van der Waals surface area contributed by atoms with E-state index >= 15 is 0 Å². The number of anilines is 1. The second-order valence-corrected chi connectivity index (χ2v) is 6.41. The van der Waals surface area contributed by atoms with Crippen LogP contribution < -0.4 is 10.6 Å². The van der Waals surface area contributed by atoms with Crippen LogP contribution in [0.15, 0.2) is 42.6 Å². The zero-order valence-electron chi connectivity index (χ0n) is 13.7. The van der Waals surface area contributed by atoms with Crippen molar-refractivity contribution in [3.05, 3.63) is 59.1 Å². The standard InChI is InChI=1S/C18H15ClFN3O3/c1-9-15(10-2-7-13(19)21-8-10)23-18(26)14(16(9)24)17(25)22-12-5-3-11(20)4-6-12/h2-9,14-15H,1H3,(H,22,25)(H,23,26). The molecule has 1 fully saturated rings. The van der Waals surface area contributed by atoms with Crippen LogP contribution in [0.4, 0.5) is 10.1 Å². The van der Waals surface area contributed by atoms with Crippen LogP contribution in [0.1, 0.15) is 18.5 Å². The fourth-order valence-corrected chi connectivity index (χ4v) is 2.97. The summed E-state index contributed by atoms with van der Waals surface area (Å²) in [5.41, 5.74) is 0.926. The van der Waals surface area contributed by atoms with Crippen molar-refractivity contribution in [3.8, 4) is 0 Å². The van der Waals surface area contributed by atoms with E-state index in [4.69, 9.17) is 11.6 Å². The summed E-state index contributed by atoms with van der Waals surface area (Å²) < 4.78 is 12.9. The minimum Gasteiger partial charge on any atom is -0.347 e. The number of rotatable bonds is 3. The fourth-order valence-electron chi connectivity index (χ4n) is 2.86. The first-order valence-corrected chi connectivity index (χ1v) is 8.26. The molecule has 1 aromatic heterocycles. The lowest BCUT2D eigenvalue weighted by Gasteiger charge is -2.32. The summed E-state index contributed by atoms with van der Waals surface area (Å²) in [6, 6.07) is 7.69. The molecule has 3 unspecified atom stereocenters. The summed E-state index contributed by atoms with van der Waals surface area (Å²) in [5.74, 6) is -4.48. The number of benzene rings is 1. The molecule has 0 radical (unpaired) electrons. The molecule has 3 atom stereocenters. The number of hydrogen-bond donors (Lipinski definition) is 2. The van der Waals surface area contributed by atoms with E-state index < -0.39 is 41.3 Å². The summed E-state index contributed by atoms with van der Waals surface area (Å²) in [6.07, 6.45) is 1.48. The summed E-state index contributed by atoms with van der Waals surface area (Å²) in [7, 11) is 0. The number of ketones is 1. The third kappa shape index (κ3) is 3.57. The molecule has 26 heavy (non-hydrogen) atoms. The lowest BCUT2D eigenvalue weighted by atomic mass is 9.81. The molecule has 2 heterocycles. The van der Waals surface area contributed by atoms with Crippen LogP contribution in [0.2, 0.25) is 5.15 Å².